The smallest absolute Gasteiger partial charge is 0.284 e. The molecule has 0 bridgehead atoms. The Morgan fingerprint density at radius 3 is 2.21 bits per heavy atom. The quantitative estimate of drug-likeness (QED) is 0.0568. The number of nitrogens with one attached hydrogen (secondary N) is 4. The van der Waals surface area contributed by atoms with Crippen LogP contribution < -0.4 is 30.5 Å². The monoisotopic (exact) mass is 1230 g/mol. The number of aliphatic hydroxyl groups is 1. The number of carbonyl (C=O) groups is 4. The van der Waals surface area contributed by atoms with E-state index in [4.69, 9.17) is 4.98 Å². The van der Waals surface area contributed by atoms with E-state index in [-0.39, 0.29) is 46.8 Å². The summed E-state index contributed by atoms with van der Waals surface area (Å²) in [5.41, 5.74) is 7.81. The van der Waals surface area contributed by atoms with Crippen molar-refractivity contribution in [2.45, 2.75) is 124 Å². The van der Waals surface area contributed by atoms with Gasteiger partial charge in [-0.3, -0.25) is 23.9 Å². The molecule has 3 aromatic carbocycles. The van der Waals surface area contributed by atoms with Gasteiger partial charge in [-0.15, -0.1) is 21.5 Å². The van der Waals surface area contributed by atoms with Gasteiger partial charge in [0.25, 0.3) is 15.9 Å². The molecule has 7 heterocycles. The highest BCUT2D eigenvalue weighted by molar-refractivity contribution is 7.90. The molecule has 456 valence electrons. The number of rotatable bonds is 17. The number of aryl methyl sites for hydroxylation is 2. The molecule has 87 heavy (non-hydrogen) atoms. The molecule has 8 aromatic rings. The van der Waals surface area contributed by atoms with Crippen LogP contribution in [0.15, 0.2) is 108 Å². The third kappa shape index (κ3) is 13.8. The van der Waals surface area contributed by atoms with Crippen LogP contribution in [0.4, 0.5) is 28.3 Å². The lowest BCUT2D eigenvalue weighted by molar-refractivity contribution is -0.144. The number of benzene rings is 3. The van der Waals surface area contributed by atoms with Crippen LogP contribution in [0.2, 0.25) is 0 Å². The lowest BCUT2D eigenvalue weighted by Crippen LogP contribution is -2.59. The molecule has 5 N–H and O–H groups in total. The van der Waals surface area contributed by atoms with Crippen molar-refractivity contribution in [2.24, 2.45) is 16.7 Å². The van der Waals surface area contributed by atoms with E-state index in [2.05, 4.69) is 71.6 Å². The molecule has 10 rings (SSSR count). The second kappa shape index (κ2) is 24.9. The van der Waals surface area contributed by atoms with E-state index in [0.29, 0.717) is 66.2 Å². The largest absolute Gasteiger partial charge is 0.391 e. The van der Waals surface area contributed by atoms with Crippen LogP contribution in [0.25, 0.3) is 31.8 Å². The first kappa shape index (κ1) is 61.9. The van der Waals surface area contributed by atoms with Gasteiger partial charge in [0.1, 0.15) is 23.6 Å². The molecule has 4 amide bonds. The molecule has 0 unspecified atom stereocenters. The van der Waals surface area contributed by atoms with E-state index in [1.54, 1.807) is 53.7 Å². The zero-order valence-corrected chi connectivity index (χ0v) is 53.2. The Morgan fingerprint density at radius 2 is 1.55 bits per heavy atom. The van der Waals surface area contributed by atoms with Crippen molar-refractivity contribution in [2.75, 3.05) is 41.8 Å². The number of thiazole rings is 2. The van der Waals surface area contributed by atoms with Gasteiger partial charge in [0, 0.05) is 68.1 Å². The number of hydrogen-bond acceptors (Lipinski definition) is 18. The SMILES string of the molecule is Cc1cc(N(C)c2ccc(-c3cnn(CC(C)(C)C)c3C)c(C(=O)NS(=O)(=O)c3ccc(N4CCC(C(=O)N[C@H](C(=O)N5C[C@H](O)C[C@H]5C(=O)N[C@@H](C)c5ccc(-c6scnc6C)cc5)C(C)(C)C)CC4)cc3)n2)nnc1Nc1nc2ccccc2s1. The van der Waals surface area contributed by atoms with Gasteiger partial charge in [-0.05, 0) is 123 Å². The fourth-order valence-electron chi connectivity index (χ4n) is 11.0. The minimum Gasteiger partial charge on any atom is -0.391 e. The number of aromatic nitrogens is 7. The lowest BCUT2D eigenvalue weighted by Gasteiger charge is -2.38. The molecule has 0 saturated carbocycles. The number of piperidine rings is 1. The Balaban J connectivity index is 0.785. The summed E-state index contributed by atoms with van der Waals surface area (Å²) in [4.78, 5) is 76.8. The standard InChI is InChI=1S/C63H74N14O7S3/c1-36-30-52(71-72-56(36)70-61-67-48-14-12-13-15-50(48)86-61)74(11)51-25-24-46(47-32-65-77(39(47)4)34-62(5,6)7)53(68-51)59(81)73-87(83,84)45-22-20-43(21-23-45)75-28-26-42(27-29-75)57(79)69-55(63(8,9)10)60(82)76-33-44(78)31-49(76)58(80)66-37(2)40-16-18-41(19-17-40)54-38(3)64-35-85-54/h12-25,30,32,35,37,42,44,49,55,78H,26-29,31,33-34H2,1-11H3,(H,66,80)(H,69,79)(H,73,81)(H,67,70,72)/t37-,44+,49-,55+/m0/s1. The number of likely N-dealkylation sites (tertiary alicyclic amines) is 1. The highest BCUT2D eigenvalue weighted by Gasteiger charge is 2.45. The van der Waals surface area contributed by atoms with Crippen LogP contribution in [-0.4, -0.2) is 122 Å². The van der Waals surface area contributed by atoms with Crippen LogP contribution in [0.1, 0.15) is 107 Å². The molecule has 2 fully saturated rings. The first-order valence-electron chi connectivity index (χ1n) is 29.0. The van der Waals surface area contributed by atoms with Crippen molar-refractivity contribution < 1.29 is 32.7 Å². The number of amides is 4. The minimum absolute atomic E-state index is 0.0462. The topological polar surface area (TPSA) is 263 Å². The van der Waals surface area contributed by atoms with Gasteiger partial charge in [-0.2, -0.15) is 5.10 Å². The number of aliphatic hydroxyl groups excluding tert-OH is 1. The van der Waals surface area contributed by atoms with E-state index < -0.39 is 51.4 Å². The van der Waals surface area contributed by atoms with Crippen LogP contribution in [0, 0.1) is 37.5 Å². The summed E-state index contributed by atoms with van der Waals surface area (Å²) in [5, 5.41) is 34.4. The van der Waals surface area contributed by atoms with E-state index >= 15 is 0 Å². The number of fused-ring (bicyclic) bond motifs is 1. The number of anilines is 5. The molecule has 0 radical (unpaired) electrons. The molecule has 2 aliphatic heterocycles. The molecule has 21 nitrogen and oxygen atoms in total. The summed E-state index contributed by atoms with van der Waals surface area (Å²) < 4.78 is 33.5. The Bertz CT molecular complexity index is 3940. The highest BCUT2D eigenvalue weighted by Crippen LogP contribution is 2.35. The number of pyridine rings is 1. The first-order chi connectivity index (χ1) is 41.2. The van der Waals surface area contributed by atoms with Crippen LogP contribution in [-0.2, 0) is 31.0 Å². The fraction of sp³-hybridized carbons (Fsp3) is 0.397. The Kier molecular flexibility index (Phi) is 17.7. The first-order valence-corrected chi connectivity index (χ1v) is 32.2. The molecular weight excluding hydrogens is 1160 g/mol. The van der Waals surface area contributed by atoms with Crippen LogP contribution in [0.3, 0.4) is 0 Å². The Morgan fingerprint density at radius 1 is 0.839 bits per heavy atom. The lowest BCUT2D eigenvalue weighted by atomic mass is 9.84. The van der Waals surface area contributed by atoms with Gasteiger partial charge in [0.2, 0.25) is 17.7 Å². The van der Waals surface area contributed by atoms with Gasteiger partial charge >= 0.3 is 0 Å². The zero-order valence-electron chi connectivity index (χ0n) is 50.7. The average Bonchev–Trinajstić information content (AvgIpc) is 2.13. The molecule has 5 aromatic heterocycles. The fourth-order valence-corrected chi connectivity index (χ4v) is 13.6. The third-order valence-electron chi connectivity index (χ3n) is 15.9. The number of sulfonamides is 1. The predicted molar refractivity (Wildman–Crippen MR) is 340 cm³/mol. The third-order valence-corrected chi connectivity index (χ3v) is 19.2. The number of hydrogen-bond donors (Lipinski definition) is 5. The minimum atomic E-state index is -4.46. The van der Waals surface area contributed by atoms with Crippen molar-refractivity contribution in [1.82, 2.24) is 55.2 Å². The van der Waals surface area contributed by atoms with Crippen molar-refractivity contribution in [3.05, 3.63) is 131 Å². The molecule has 4 atom stereocenters. The van der Waals surface area contributed by atoms with Gasteiger partial charge in [-0.25, -0.2) is 28.1 Å². The maximum absolute atomic E-state index is 14.5. The van der Waals surface area contributed by atoms with Crippen molar-refractivity contribution in [3.8, 4) is 21.6 Å². The Labute approximate surface area is 515 Å². The molecule has 24 heteroatoms. The summed E-state index contributed by atoms with van der Waals surface area (Å²) in [7, 11) is -2.72. The highest BCUT2D eigenvalue weighted by atomic mass is 32.2. The van der Waals surface area contributed by atoms with E-state index in [1.165, 1.54) is 28.4 Å². The van der Waals surface area contributed by atoms with Crippen molar-refractivity contribution in [1.29, 1.82) is 0 Å². The van der Waals surface area contributed by atoms with Gasteiger partial charge in [-0.1, -0.05) is 89.3 Å². The molecule has 0 spiro atoms. The number of para-hydroxylation sites is 1. The van der Waals surface area contributed by atoms with E-state index in [9.17, 15) is 32.7 Å². The number of β-amino-alcohol motifs (C(OH)–C–C–N with tert-alkyl or cyclic N) is 1. The van der Waals surface area contributed by atoms with Crippen LogP contribution in [0.5, 0.6) is 0 Å². The maximum Gasteiger partial charge on any atom is 0.284 e. The summed E-state index contributed by atoms with van der Waals surface area (Å²) in [6.07, 6.45) is 1.70. The maximum atomic E-state index is 14.5. The summed E-state index contributed by atoms with van der Waals surface area (Å²) in [6, 6.07) is 24.9. The number of nitrogens with zero attached hydrogens (tertiary/aromatic N) is 10. The summed E-state index contributed by atoms with van der Waals surface area (Å²) >= 11 is 3.06. The molecule has 2 aliphatic rings. The van der Waals surface area contributed by atoms with Crippen molar-refractivity contribution >= 4 is 94.8 Å². The molecule has 2 saturated heterocycles. The number of carbonyl (C=O) groups excluding carboxylic acids is 4. The second-order valence-electron chi connectivity index (χ2n) is 24.8. The normalized spacial score (nSPS) is 16.6. The van der Waals surface area contributed by atoms with Gasteiger partial charge in [0.05, 0.1) is 49.5 Å². The second-order valence-corrected chi connectivity index (χ2v) is 28.4. The van der Waals surface area contributed by atoms with Gasteiger partial charge in [0.15, 0.2) is 16.8 Å². The van der Waals surface area contributed by atoms with Crippen LogP contribution >= 0.6 is 22.7 Å². The van der Waals surface area contributed by atoms with E-state index in [1.807, 2.05) is 113 Å². The Hall–Kier alpha value is -8.19. The van der Waals surface area contributed by atoms with Gasteiger partial charge < -0.3 is 35.8 Å². The summed E-state index contributed by atoms with van der Waals surface area (Å²) in [6.45, 7) is 21.0. The molecular formula is C63H74N14O7S3. The molecule has 0 aliphatic carbocycles. The van der Waals surface area contributed by atoms with E-state index in [0.717, 1.165) is 48.9 Å². The summed E-state index contributed by atoms with van der Waals surface area (Å²) in [5.74, 6) is -1.25. The van der Waals surface area contributed by atoms with Crippen molar-refractivity contribution in [3.63, 3.8) is 0 Å². The predicted octanol–water partition coefficient (Wildman–Crippen LogP) is 9.66. The zero-order chi connectivity index (χ0) is 62.3. The average molecular weight is 1240 g/mol.